The Hall–Kier alpha value is -10.3. The Morgan fingerprint density at radius 1 is 0.487 bits per heavy atom. The lowest BCUT2D eigenvalue weighted by atomic mass is 10.00. The number of carboxylic acids is 3. The van der Waals surface area contributed by atoms with E-state index in [0.29, 0.717) is 42.4 Å². The number of aliphatic hydroxyl groups is 10. The van der Waals surface area contributed by atoms with Crippen LogP contribution >= 0.6 is 12.6 Å². The summed E-state index contributed by atoms with van der Waals surface area (Å²) in [5.74, 6) is -16.6. The molecule has 9 amide bonds. The Kier molecular flexibility index (Phi) is 42.6. The van der Waals surface area contributed by atoms with Crippen molar-refractivity contribution in [3.8, 4) is 11.1 Å². The number of hydrogen-bond acceptors (Lipinski definition) is 27. The van der Waals surface area contributed by atoms with Crippen molar-refractivity contribution in [2.45, 2.75) is 207 Å². The van der Waals surface area contributed by atoms with E-state index in [2.05, 4.69) is 49.8 Å². The van der Waals surface area contributed by atoms with Crippen LogP contribution in [-0.2, 0) is 77.0 Å². The van der Waals surface area contributed by atoms with Gasteiger partial charge in [-0.05, 0) is 74.3 Å². The number of benzene rings is 3. The normalized spacial score (nSPS) is 15.2. The van der Waals surface area contributed by atoms with Gasteiger partial charge in [-0.2, -0.15) is 12.6 Å². The average Bonchev–Trinajstić information content (AvgIpc) is 0.759. The van der Waals surface area contributed by atoms with Gasteiger partial charge >= 0.3 is 23.6 Å². The number of amides is 9. The summed E-state index contributed by atoms with van der Waals surface area (Å²) in [6.45, 7) is -3.69. The molecule has 4 aromatic rings. The molecule has 26 N–H and O–H groups in total. The molecule has 1 heterocycles. The number of carbonyl (C=O) groups is 12. The third-order valence-electron chi connectivity index (χ3n) is 18.6. The molecule has 648 valence electrons. The molecule has 0 aliphatic heterocycles. The van der Waals surface area contributed by atoms with Crippen molar-refractivity contribution < 1.29 is 133 Å². The van der Waals surface area contributed by atoms with E-state index in [1.165, 1.54) is 13.0 Å². The number of aromatic nitrogens is 2. The molecule has 43 heteroatoms. The van der Waals surface area contributed by atoms with Gasteiger partial charge in [0.2, 0.25) is 53.2 Å². The summed E-state index contributed by atoms with van der Waals surface area (Å²) >= 11 is 3.81. The summed E-state index contributed by atoms with van der Waals surface area (Å²) in [6.07, 6.45) is -19.7. The summed E-state index contributed by atoms with van der Waals surface area (Å²) in [7, 11) is 0. The number of hydrogen-bond donors (Lipinski definition) is 25. The number of unbranched alkanes of at least 4 members (excludes halogenated alkanes) is 4. The van der Waals surface area contributed by atoms with Crippen molar-refractivity contribution in [2.24, 2.45) is 11.5 Å². The monoisotopic (exact) mass is 1680 g/mol. The second kappa shape index (κ2) is 50.4. The Morgan fingerprint density at radius 3 is 1.51 bits per heavy atom. The molecule has 0 aliphatic carbocycles. The van der Waals surface area contributed by atoms with Gasteiger partial charge in [0.05, 0.1) is 50.5 Å². The first kappa shape index (κ1) is 99.1. The Morgan fingerprint density at radius 2 is 0.974 bits per heavy atom. The number of carbonyl (C=O) groups excluding carboxylic acids is 9. The van der Waals surface area contributed by atoms with Gasteiger partial charge in [0.15, 0.2) is 0 Å². The highest BCUT2D eigenvalue weighted by molar-refractivity contribution is 7.80. The van der Waals surface area contributed by atoms with Gasteiger partial charge in [-0.3, -0.25) is 66.7 Å². The molecule has 40 nitrogen and oxygen atoms in total. The van der Waals surface area contributed by atoms with Crippen molar-refractivity contribution in [1.82, 2.24) is 57.0 Å². The lowest BCUT2D eigenvalue weighted by Crippen LogP contribution is -2.59. The fourth-order valence-electron chi connectivity index (χ4n) is 11.7. The minimum Gasteiger partial charge on any atom is -0.481 e. The molecule has 3 aromatic carbocycles. The van der Waals surface area contributed by atoms with E-state index >= 15 is 8.78 Å². The summed E-state index contributed by atoms with van der Waals surface area (Å²) in [4.78, 5) is 185. The van der Waals surface area contributed by atoms with E-state index < -0.39 is 275 Å². The highest BCUT2D eigenvalue weighted by Crippen LogP contribution is 2.24. The number of thiol groups is 1. The number of nitrogens with zero attached hydrogens (tertiary/aromatic N) is 2. The van der Waals surface area contributed by atoms with Crippen LogP contribution in [0.2, 0.25) is 0 Å². The van der Waals surface area contributed by atoms with Crippen LogP contribution in [0.25, 0.3) is 11.1 Å². The molecule has 0 saturated carbocycles. The van der Waals surface area contributed by atoms with E-state index in [-0.39, 0.29) is 55.9 Å². The SMILES string of the molecule is Cc1c(-c2cccc(CCC(=O)NCCCCCCCC(=O)N[C@H](CCC(=O)NC[C@H](O)[C@@H](O)[C@H](O)[C@H](O)CO)C(=O)N[C@H](CCC(=O)O)C(=O)N[C@H](CCC(=O)NC[C@H](O)[C@@H](O)[C@H](O)[C@H](O)CO)C(=O)NC[C@H](N)C(=O)N[C@@H](CC(=O)O)C(=O)N[C@@H](CS)C(=O)O)c2)c(=O)n(C[C@H](N)c2ccccc2)c(=O)n1Cc1c(F)cccc1F. The topological polar surface area (TPSA) is 672 Å². The van der Waals surface area contributed by atoms with Gasteiger partial charge in [0.1, 0.15) is 84.5 Å². The van der Waals surface area contributed by atoms with Crippen LogP contribution < -0.4 is 70.6 Å². The summed E-state index contributed by atoms with van der Waals surface area (Å²) in [5.41, 5.74) is 12.3. The molecule has 0 spiro atoms. The highest BCUT2D eigenvalue weighted by Gasteiger charge is 2.36. The summed E-state index contributed by atoms with van der Waals surface area (Å²) in [6, 6.07) is 6.69. The molecule has 4 rings (SSSR count). The molecule has 0 fully saturated rings. The number of aryl methyl sites for hydroxylation is 1. The lowest BCUT2D eigenvalue weighted by molar-refractivity contribution is -0.143. The van der Waals surface area contributed by atoms with Crippen molar-refractivity contribution in [1.29, 1.82) is 0 Å². The minimum absolute atomic E-state index is 0.00439. The molecular formula is C74H105F2N13O27S. The maximum Gasteiger partial charge on any atom is 0.331 e. The van der Waals surface area contributed by atoms with Crippen molar-refractivity contribution in [3.63, 3.8) is 0 Å². The lowest BCUT2D eigenvalue weighted by Gasteiger charge is -2.26. The maximum atomic E-state index is 15.0. The molecule has 1 aromatic heterocycles. The standard InChI is InChI=1S/C74H105F2N13O27S/c1-38-62(72(113)89(34-46(78)40-13-6-5-7-14-40)74(116)88(38)33-42-43(75)16-11-17-44(42)76)41-15-10-12-39(28-41)19-23-56(96)79-27-9-4-2-3-8-18-59(99)83-48(21-25-58(98)81-32-53(93)64(105)66(107)55(95)36-91)69(110)85-49(22-26-60(100)101)70(111)84-47(20-24-57(97)80-31-52(92)63(104)65(106)54(94)35-90)68(109)82-30-45(77)67(108)86-50(29-61(102)103)71(112)87-51(37-117)73(114)115/h5-7,10-17,28,45-55,63-66,90-95,104-107,117H,2-4,8-9,18-27,29-37,77-78H2,1H3,(H,79,96)(H,80,97)(H,81,98)(H,82,109)(H,83,99)(H,84,111)(H,85,110)(H,86,108)(H,87,112)(H,100,101)(H,102,103)(H,114,115)/t45-,46-,47+,48+,49+,50-,51-,52-,53-,54+,55+,63+,64+,65+,66+/m0/s1. The molecule has 117 heavy (non-hydrogen) atoms. The van der Waals surface area contributed by atoms with Gasteiger partial charge < -0.3 is 126 Å². The molecule has 0 bridgehead atoms. The van der Waals surface area contributed by atoms with E-state index in [9.17, 15) is 123 Å². The van der Waals surface area contributed by atoms with Crippen LogP contribution in [-0.4, -0.2) is 277 Å². The molecule has 0 saturated heterocycles. The van der Waals surface area contributed by atoms with Gasteiger partial charge in [-0.1, -0.05) is 79.9 Å². The van der Waals surface area contributed by atoms with Gasteiger partial charge in [0, 0.05) is 81.3 Å². The van der Waals surface area contributed by atoms with Crippen molar-refractivity contribution in [2.75, 3.05) is 45.1 Å². The quantitative estimate of drug-likeness (QED) is 0.0144. The number of nitrogens with one attached hydrogen (secondary N) is 9. The van der Waals surface area contributed by atoms with Crippen molar-refractivity contribution in [3.05, 3.63) is 128 Å². The fourth-order valence-corrected chi connectivity index (χ4v) is 11.9. The number of rotatable bonds is 54. The average molecular weight is 1680 g/mol. The molecule has 15 atom stereocenters. The molecule has 0 aliphatic rings. The smallest absolute Gasteiger partial charge is 0.331 e. The summed E-state index contributed by atoms with van der Waals surface area (Å²) < 4.78 is 32.1. The Bertz CT molecular complexity index is 4110. The first-order valence-corrected chi connectivity index (χ1v) is 37.9. The highest BCUT2D eigenvalue weighted by atomic mass is 32.1. The zero-order valence-electron chi connectivity index (χ0n) is 63.8. The Labute approximate surface area is 673 Å². The third-order valence-corrected chi connectivity index (χ3v) is 19.0. The maximum absolute atomic E-state index is 15.0. The molecule has 0 radical (unpaired) electrons. The zero-order valence-corrected chi connectivity index (χ0v) is 64.7. The molecular weight excluding hydrogens is 1570 g/mol. The number of aliphatic carboxylic acids is 3. The van der Waals surface area contributed by atoms with E-state index in [0.717, 1.165) is 21.3 Å². The van der Waals surface area contributed by atoms with Crippen LogP contribution in [0.3, 0.4) is 0 Å². The van der Waals surface area contributed by atoms with Gasteiger partial charge in [0.25, 0.3) is 5.56 Å². The largest absolute Gasteiger partial charge is 0.481 e. The van der Waals surface area contributed by atoms with Gasteiger partial charge in [-0.15, -0.1) is 0 Å². The van der Waals surface area contributed by atoms with Crippen LogP contribution in [0.15, 0.2) is 82.4 Å². The number of aliphatic hydroxyl groups excluding tert-OH is 10. The minimum atomic E-state index is -2.14. The number of nitrogens with two attached hydrogens (primary N) is 2. The Balaban J connectivity index is 1.48. The van der Waals surface area contributed by atoms with E-state index in [1.54, 1.807) is 54.6 Å². The predicted molar refractivity (Wildman–Crippen MR) is 411 cm³/mol. The second-order valence-corrected chi connectivity index (χ2v) is 27.9. The van der Waals surface area contributed by atoms with Crippen LogP contribution in [0.4, 0.5) is 8.78 Å². The number of halogens is 2. The zero-order chi connectivity index (χ0) is 87.3. The van der Waals surface area contributed by atoms with Crippen LogP contribution in [0.1, 0.15) is 118 Å². The first-order valence-electron chi connectivity index (χ1n) is 37.3. The predicted octanol–water partition coefficient (Wildman–Crippen LogP) is -6.71. The number of carboxylic acid groups (broad SMARTS) is 3. The van der Waals surface area contributed by atoms with Crippen LogP contribution in [0.5, 0.6) is 0 Å². The van der Waals surface area contributed by atoms with Crippen LogP contribution in [0, 0.1) is 18.6 Å². The van der Waals surface area contributed by atoms with Crippen molar-refractivity contribution >= 4 is 83.7 Å². The fraction of sp³-hybridized carbons (Fsp3) is 0.541. The first-order chi connectivity index (χ1) is 55.3. The van der Waals surface area contributed by atoms with E-state index in [1.807, 2.05) is 10.6 Å². The van der Waals surface area contributed by atoms with E-state index in [4.69, 9.17) is 21.7 Å². The molecule has 0 unspecified atom stereocenters. The summed E-state index contributed by atoms with van der Waals surface area (Å²) in [5, 5.41) is 148. The third kappa shape index (κ3) is 33.0. The van der Waals surface area contributed by atoms with Gasteiger partial charge in [-0.25, -0.2) is 18.4 Å². The second-order valence-electron chi connectivity index (χ2n) is 27.6.